The van der Waals surface area contributed by atoms with Gasteiger partial charge in [-0.1, -0.05) is 37.8 Å². The van der Waals surface area contributed by atoms with E-state index < -0.39 is 13.5 Å². The largest absolute Gasteiger partial charge is 0.467 e. The zero-order valence-corrected chi connectivity index (χ0v) is 10.2. The molecule has 0 aliphatic heterocycles. The highest BCUT2D eigenvalue weighted by atomic mass is 28.3. The minimum Gasteiger partial charge on any atom is -0.467 e. The second-order valence-electron chi connectivity index (χ2n) is 4.65. The second kappa shape index (κ2) is 3.75. The maximum absolute atomic E-state index is 10.1. The molecule has 3 heteroatoms. The molecule has 0 spiro atoms. The third-order valence-corrected chi connectivity index (χ3v) is 5.34. The number of rotatable bonds is 3. The molecule has 0 bridgehead atoms. The number of para-hydroxylation sites is 1. The lowest BCUT2D eigenvalue weighted by atomic mass is 10.3. The molecule has 14 heavy (non-hydrogen) atoms. The molecule has 0 saturated heterocycles. The van der Waals surface area contributed by atoms with Crippen LogP contribution in [0.15, 0.2) is 30.3 Å². The van der Waals surface area contributed by atoms with Crippen LogP contribution in [0.1, 0.15) is 6.92 Å². The summed E-state index contributed by atoms with van der Waals surface area (Å²) in [6, 6.07) is 9.44. The molecule has 1 atom stereocenters. The van der Waals surface area contributed by atoms with Gasteiger partial charge in [-0.2, -0.15) is 0 Å². The van der Waals surface area contributed by atoms with Crippen LogP contribution in [0.2, 0.25) is 19.6 Å². The highest BCUT2D eigenvalue weighted by molar-refractivity contribution is 6.78. The summed E-state index contributed by atoms with van der Waals surface area (Å²) in [5.41, 5.74) is -1.02. The van der Waals surface area contributed by atoms with Crippen LogP contribution >= 0.6 is 0 Å². The SMILES string of the molecule is CC(O)(Oc1ccccc1)[Si](C)(C)C. The average Bonchev–Trinajstić information content (AvgIpc) is 2.03. The van der Waals surface area contributed by atoms with Crippen LogP contribution in [0.3, 0.4) is 0 Å². The zero-order chi connectivity index (χ0) is 10.8. The molecule has 78 valence electrons. The van der Waals surface area contributed by atoms with Gasteiger partial charge in [0.25, 0.3) is 0 Å². The van der Waals surface area contributed by atoms with E-state index >= 15 is 0 Å². The first kappa shape index (κ1) is 11.3. The Morgan fingerprint density at radius 1 is 1.14 bits per heavy atom. The van der Waals surface area contributed by atoms with E-state index in [9.17, 15) is 5.11 Å². The van der Waals surface area contributed by atoms with Crippen molar-refractivity contribution in [1.82, 2.24) is 0 Å². The first-order valence-corrected chi connectivity index (χ1v) is 8.29. The monoisotopic (exact) mass is 210 g/mol. The van der Waals surface area contributed by atoms with E-state index in [1.807, 2.05) is 30.3 Å². The van der Waals surface area contributed by atoms with Gasteiger partial charge in [-0.15, -0.1) is 0 Å². The van der Waals surface area contributed by atoms with Gasteiger partial charge < -0.3 is 9.84 Å². The smallest absolute Gasteiger partial charge is 0.184 e. The summed E-state index contributed by atoms with van der Waals surface area (Å²) in [4.78, 5) is 0. The zero-order valence-electron chi connectivity index (χ0n) is 9.24. The highest BCUT2D eigenvalue weighted by Gasteiger charge is 2.39. The van der Waals surface area contributed by atoms with Crippen molar-refractivity contribution in [2.75, 3.05) is 0 Å². The molecule has 0 radical (unpaired) electrons. The maximum atomic E-state index is 10.1. The van der Waals surface area contributed by atoms with Crippen molar-refractivity contribution in [2.24, 2.45) is 0 Å². The van der Waals surface area contributed by atoms with Crippen molar-refractivity contribution < 1.29 is 9.84 Å². The summed E-state index contributed by atoms with van der Waals surface area (Å²) in [7, 11) is -1.73. The van der Waals surface area contributed by atoms with Crippen LogP contribution in [0.5, 0.6) is 5.75 Å². The number of aliphatic hydroxyl groups is 1. The Bertz CT molecular complexity index is 288. The minimum absolute atomic E-state index is 0.722. The van der Waals surface area contributed by atoms with Crippen molar-refractivity contribution in [3.8, 4) is 5.75 Å². The van der Waals surface area contributed by atoms with Crippen LogP contribution in [0.25, 0.3) is 0 Å². The lowest BCUT2D eigenvalue weighted by Crippen LogP contribution is -2.54. The van der Waals surface area contributed by atoms with Crippen molar-refractivity contribution in [3.05, 3.63) is 30.3 Å². The van der Waals surface area contributed by atoms with E-state index in [1.54, 1.807) is 6.92 Å². The molecule has 1 N–H and O–H groups in total. The molecule has 0 aromatic heterocycles. The summed E-state index contributed by atoms with van der Waals surface area (Å²) in [5.74, 6) is 0.722. The van der Waals surface area contributed by atoms with Gasteiger partial charge in [0.05, 0.1) is 0 Å². The lowest BCUT2D eigenvalue weighted by Gasteiger charge is -2.35. The fourth-order valence-electron chi connectivity index (χ4n) is 0.871. The van der Waals surface area contributed by atoms with E-state index in [2.05, 4.69) is 19.6 Å². The van der Waals surface area contributed by atoms with Gasteiger partial charge >= 0.3 is 0 Å². The van der Waals surface area contributed by atoms with Gasteiger partial charge in [0.2, 0.25) is 0 Å². The molecule has 0 heterocycles. The van der Waals surface area contributed by atoms with Crippen LogP contribution in [0, 0.1) is 0 Å². The fourth-order valence-corrected chi connectivity index (χ4v) is 1.30. The van der Waals surface area contributed by atoms with E-state index in [-0.39, 0.29) is 0 Å². The van der Waals surface area contributed by atoms with Gasteiger partial charge in [0.1, 0.15) is 13.8 Å². The molecule has 0 saturated carbocycles. The van der Waals surface area contributed by atoms with Gasteiger partial charge in [0.15, 0.2) is 5.41 Å². The molecule has 1 rings (SSSR count). The Morgan fingerprint density at radius 3 is 2.07 bits per heavy atom. The van der Waals surface area contributed by atoms with Gasteiger partial charge in [-0.05, 0) is 19.1 Å². The molecule has 0 aliphatic carbocycles. The van der Waals surface area contributed by atoms with E-state index in [1.165, 1.54) is 0 Å². The molecule has 0 fully saturated rings. The van der Waals surface area contributed by atoms with Crippen LogP contribution in [-0.2, 0) is 0 Å². The molecule has 1 aromatic rings. The maximum Gasteiger partial charge on any atom is 0.184 e. The van der Waals surface area contributed by atoms with Crippen molar-refractivity contribution >= 4 is 8.07 Å². The van der Waals surface area contributed by atoms with Crippen molar-refractivity contribution in [1.29, 1.82) is 0 Å². The number of hydrogen-bond acceptors (Lipinski definition) is 2. The summed E-state index contributed by atoms with van der Waals surface area (Å²) in [5, 5.41) is 10.1. The molecule has 0 amide bonds. The quantitative estimate of drug-likeness (QED) is 0.614. The number of benzene rings is 1. The Kier molecular flexibility index (Phi) is 3.02. The summed E-state index contributed by atoms with van der Waals surface area (Å²) < 4.78 is 5.58. The van der Waals surface area contributed by atoms with E-state index in [4.69, 9.17) is 4.74 Å². The van der Waals surface area contributed by atoms with E-state index in [0.717, 1.165) is 5.75 Å². The van der Waals surface area contributed by atoms with Gasteiger partial charge in [0, 0.05) is 0 Å². The van der Waals surface area contributed by atoms with Crippen LogP contribution in [-0.4, -0.2) is 18.6 Å². The molecule has 2 nitrogen and oxygen atoms in total. The Hall–Kier alpha value is -0.803. The molecule has 1 aromatic carbocycles. The predicted molar refractivity (Wildman–Crippen MR) is 61.0 cm³/mol. The van der Waals surface area contributed by atoms with Gasteiger partial charge in [-0.3, -0.25) is 0 Å². The topological polar surface area (TPSA) is 29.5 Å². The lowest BCUT2D eigenvalue weighted by molar-refractivity contribution is -0.0557. The minimum atomic E-state index is -1.73. The normalized spacial score (nSPS) is 16.1. The average molecular weight is 210 g/mol. The summed E-state index contributed by atoms with van der Waals surface area (Å²) in [6.07, 6.45) is 0. The Morgan fingerprint density at radius 2 is 1.64 bits per heavy atom. The van der Waals surface area contributed by atoms with Crippen molar-refractivity contribution in [2.45, 2.75) is 32.0 Å². The highest BCUT2D eigenvalue weighted by Crippen LogP contribution is 2.24. The first-order chi connectivity index (χ1) is 6.33. The number of hydrogen-bond donors (Lipinski definition) is 1. The molecular weight excluding hydrogens is 192 g/mol. The third kappa shape index (κ3) is 2.59. The Labute approximate surface area is 86.5 Å². The van der Waals surface area contributed by atoms with E-state index in [0.29, 0.717) is 0 Å². The third-order valence-electron chi connectivity index (χ3n) is 2.45. The van der Waals surface area contributed by atoms with Crippen LogP contribution in [0.4, 0.5) is 0 Å². The summed E-state index contributed by atoms with van der Waals surface area (Å²) >= 11 is 0. The van der Waals surface area contributed by atoms with Crippen LogP contribution < -0.4 is 4.74 Å². The second-order valence-corrected chi connectivity index (χ2v) is 10.1. The number of ether oxygens (including phenoxy) is 1. The first-order valence-electron chi connectivity index (χ1n) is 4.79. The standard InChI is InChI=1S/C11H18O2Si/c1-11(12,14(2,3)4)13-10-8-6-5-7-9-10/h5-9,12H,1-4H3. The summed E-state index contributed by atoms with van der Waals surface area (Å²) in [6.45, 7) is 7.98. The van der Waals surface area contributed by atoms with Crippen molar-refractivity contribution in [3.63, 3.8) is 0 Å². The van der Waals surface area contributed by atoms with Gasteiger partial charge in [-0.25, -0.2) is 0 Å². The molecular formula is C11H18O2Si. The molecule has 0 aliphatic rings. The Balaban J connectivity index is 2.79. The predicted octanol–water partition coefficient (Wildman–Crippen LogP) is 2.65. The fraction of sp³-hybridized carbons (Fsp3) is 0.455. The molecule has 1 unspecified atom stereocenters.